The number of hydrogen-bond acceptors (Lipinski definition) is 3. The lowest BCUT2D eigenvalue weighted by Crippen LogP contribution is -2.62. The average molecular weight is 255 g/mol. The molecule has 0 aliphatic carbocycles. The van der Waals surface area contributed by atoms with Gasteiger partial charge in [-0.1, -0.05) is 20.8 Å². The number of piperidine rings is 1. The molecule has 1 rings (SSSR count). The molecule has 0 spiro atoms. The molecule has 1 saturated heterocycles. The Hall–Kier alpha value is -0.610. The van der Waals surface area contributed by atoms with Gasteiger partial charge in [-0.2, -0.15) is 0 Å². The monoisotopic (exact) mass is 255 g/mol. The summed E-state index contributed by atoms with van der Waals surface area (Å²) < 4.78 is 0. The quantitative estimate of drug-likeness (QED) is 0.776. The number of nitrogens with zero attached hydrogens (tertiary/aromatic N) is 1. The summed E-state index contributed by atoms with van der Waals surface area (Å²) >= 11 is 0. The zero-order valence-electron chi connectivity index (χ0n) is 12.5. The fourth-order valence-corrected chi connectivity index (χ4v) is 3.06. The van der Waals surface area contributed by atoms with Crippen LogP contribution in [0, 0.1) is 11.8 Å². The van der Waals surface area contributed by atoms with E-state index in [1.54, 1.807) is 0 Å². The summed E-state index contributed by atoms with van der Waals surface area (Å²) in [7, 11) is 0. The van der Waals surface area contributed by atoms with Crippen molar-refractivity contribution in [2.75, 3.05) is 19.6 Å². The molecule has 18 heavy (non-hydrogen) atoms. The number of likely N-dealkylation sites (N-methyl/N-ethyl adjacent to an activating group) is 1. The largest absolute Gasteiger partial charge is 0.368 e. The van der Waals surface area contributed by atoms with Crippen molar-refractivity contribution >= 4 is 5.91 Å². The molecule has 1 amide bonds. The third-order valence-corrected chi connectivity index (χ3v) is 4.35. The molecule has 0 saturated carbocycles. The summed E-state index contributed by atoms with van der Waals surface area (Å²) in [5.41, 5.74) is 4.94. The minimum Gasteiger partial charge on any atom is -0.368 e. The Morgan fingerprint density at radius 3 is 2.56 bits per heavy atom. The van der Waals surface area contributed by atoms with Crippen molar-refractivity contribution in [3.05, 3.63) is 0 Å². The first kappa shape index (κ1) is 15.4. The number of nitrogens with one attached hydrogen (secondary N) is 1. The van der Waals surface area contributed by atoms with E-state index in [9.17, 15) is 4.79 Å². The molecule has 1 aliphatic rings. The Balaban J connectivity index is 2.76. The van der Waals surface area contributed by atoms with Gasteiger partial charge < -0.3 is 11.1 Å². The van der Waals surface area contributed by atoms with Crippen LogP contribution in [0.25, 0.3) is 0 Å². The number of hydrogen-bond donors (Lipinski definition) is 2. The van der Waals surface area contributed by atoms with Crippen molar-refractivity contribution in [2.45, 2.75) is 52.6 Å². The van der Waals surface area contributed by atoms with Crippen LogP contribution in [0.4, 0.5) is 0 Å². The van der Waals surface area contributed by atoms with Crippen LogP contribution >= 0.6 is 0 Å². The van der Waals surface area contributed by atoms with Crippen LogP contribution < -0.4 is 11.1 Å². The van der Waals surface area contributed by atoms with E-state index in [0.29, 0.717) is 24.4 Å². The molecule has 1 aliphatic heterocycles. The molecule has 0 aromatic carbocycles. The standard InChI is InChI=1S/C14H29N3O/c1-6-16-14(5,13(15)18)9-17-8-10(2)7-11(3)12(17)4/h10-12,16H,6-9H2,1-5H3,(H2,15,18). The second-order valence-electron chi connectivity index (χ2n) is 6.21. The van der Waals surface area contributed by atoms with E-state index in [2.05, 4.69) is 31.0 Å². The summed E-state index contributed by atoms with van der Waals surface area (Å²) in [4.78, 5) is 14.1. The molecule has 0 aromatic heterocycles. The molecule has 4 atom stereocenters. The summed E-state index contributed by atoms with van der Waals surface area (Å²) in [6.07, 6.45) is 1.27. The van der Waals surface area contributed by atoms with Crippen molar-refractivity contribution < 1.29 is 4.79 Å². The zero-order valence-corrected chi connectivity index (χ0v) is 12.5. The third-order valence-electron chi connectivity index (χ3n) is 4.35. The van der Waals surface area contributed by atoms with Crippen LogP contribution in [0.1, 0.15) is 41.0 Å². The average Bonchev–Trinajstić information content (AvgIpc) is 2.25. The van der Waals surface area contributed by atoms with Gasteiger partial charge in [0.2, 0.25) is 5.91 Å². The van der Waals surface area contributed by atoms with Gasteiger partial charge in [-0.05, 0) is 38.6 Å². The molecule has 0 radical (unpaired) electrons. The third kappa shape index (κ3) is 3.45. The minimum absolute atomic E-state index is 0.262. The van der Waals surface area contributed by atoms with E-state index in [0.717, 1.165) is 13.1 Å². The lowest BCUT2D eigenvalue weighted by Gasteiger charge is -2.44. The molecule has 4 nitrogen and oxygen atoms in total. The van der Waals surface area contributed by atoms with E-state index in [4.69, 9.17) is 5.73 Å². The van der Waals surface area contributed by atoms with Gasteiger partial charge in [0.25, 0.3) is 0 Å². The van der Waals surface area contributed by atoms with E-state index in [-0.39, 0.29) is 5.91 Å². The topological polar surface area (TPSA) is 58.4 Å². The molecule has 3 N–H and O–H groups in total. The zero-order chi connectivity index (χ0) is 13.9. The molecule has 4 unspecified atom stereocenters. The van der Waals surface area contributed by atoms with Crippen molar-refractivity contribution in [2.24, 2.45) is 17.6 Å². The minimum atomic E-state index is -0.625. The van der Waals surface area contributed by atoms with Crippen LogP contribution in [-0.4, -0.2) is 42.0 Å². The predicted molar refractivity (Wildman–Crippen MR) is 75.3 cm³/mol. The number of carbonyl (C=O) groups is 1. The Morgan fingerprint density at radius 2 is 2.06 bits per heavy atom. The van der Waals surface area contributed by atoms with E-state index in [1.807, 2.05) is 13.8 Å². The molecule has 0 bridgehead atoms. The predicted octanol–water partition coefficient (Wildman–Crippen LogP) is 1.21. The first-order valence-electron chi connectivity index (χ1n) is 7.09. The molecule has 0 aromatic rings. The molecule has 4 heteroatoms. The highest BCUT2D eigenvalue weighted by molar-refractivity contribution is 5.84. The highest BCUT2D eigenvalue weighted by Gasteiger charge is 2.37. The first-order chi connectivity index (χ1) is 8.30. The van der Waals surface area contributed by atoms with Crippen LogP contribution in [0.3, 0.4) is 0 Å². The van der Waals surface area contributed by atoms with E-state index in [1.165, 1.54) is 6.42 Å². The van der Waals surface area contributed by atoms with Crippen molar-refractivity contribution in [3.63, 3.8) is 0 Å². The second-order valence-corrected chi connectivity index (χ2v) is 6.21. The van der Waals surface area contributed by atoms with Gasteiger partial charge in [-0.25, -0.2) is 0 Å². The van der Waals surface area contributed by atoms with Crippen molar-refractivity contribution in [1.29, 1.82) is 0 Å². The van der Waals surface area contributed by atoms with Crippen LogP contribution in [-0.2, 0) is 4.79 Å². The Morgan fingerprint density at radius 1 is 1.44 bits per heavy atom. The van der Waals surface area contributed by atoms with Gasteiger partial charge in [0, 0.05) is 19.1 Å². The normalized spacial score (nSPS) is 33.1. The maximum atomic E-state index is 11.7. The highest BCUT2D eigenvalue weighted by atomic mass is 16.1. The maximum absolute atomic E-state index is 11.7. The molecule has 1 fully saturated rings. The van der Waals surface area contributed by atoms with Gasteiger partial charge in [0.15, 0.2) is 0 Å². The first-order valence-corrected chi connectivity index (χ1v) is 7.09. The second kappa shape index (κ2) is 6.02. The summed E-state index contributed by atoms with van der Waals surface area (Å²) in [6, 6.07) is 0.513. The summed E-state index contributed by atoms with van der Waals surface area (Å²) in [5, 5.41) is 3.24. The van der Waals surface area contributed by atoms with Crippen molar-refractivity contribution in [1.82, 2.24) is 10.2 Å². The summed E-state index contributed by atoms with van der Waals surface area (Å²) in [6.45, 7) is 13.3. The van der Waals surface area contributed by atoms with Gasteiger partial charge >= 0.3 is 0 Å². The number of amides is 1. The number of likely N-dealkylation sites (tertiary alicyclic amines) is 1. The van der Waals surface area contributed by atoms with E-state index >= 15 is 0 Å². The fraction of sp³-hybridized carbons (Fsp3) is 0.929. The van der Waals surface area contributed by atoms with Crippen LogP contribution in [0.2, 0.25) is 0 Å². The van der Waals surface area contributed by atoms with E-state index < -0.39 is 5.54 Å². The number of carbonyl (C=O) groups excluding carboxylic acids is 1. The molecule has 106 valence electrons. The van der Waals surface area contributed by atoms with Gasteiger partial charge in [0.05, 0.1) is 0 Å². The fourth-order valence-electron chi connectivity index (χ4n) is 3.06. The Labute approximate surface area is 111 Å². The van der Waals surface area contributed by atoms with Gasteiger partial charge in [-0.3, -0.25) is 9.69 Å². The van der Waals surface area contributed by atoms with Crippen LogP contribution in [0.5, 0.6) is 0 Å². The lowest BCUT2D eigenvalue weighted by molar-refractivity contribution is -0.125. The van der Waals surface area contributed by atoms with Crippen molar-refractivity contribution in [3.8, 4) is 0 Å². The lowest BCUT2D eigenvalue weighted by atomic mass is 9.84. The summed E-state index contributed by atoms with van der Waals surface area (Å²) in [5.74, 6) is 1.10. The maximum Gasteiger partial charge on any atom is 0.238 e. The molecule has 1 heterocycles. The van der Waals surface area contributed by atoms with Gasteiger partial charge in [0.1, 0.15) is 5.54 Å². The Bertz CT molecular complexity index is 295. The SMILES string of the molecule is CCNC(C)(CN1CC(C)CC(C)C1C)C(N)=O. The molecular formula is C14H29N3O. The van der Waals surface area contributed by atoms with Crippen LogP contribution in [0.15, 0.2) is 0 Å². The smallest absolute Gasteiger partial charge is 0.238 e. The Kier molecular flexibility index (Phi) is 5.17. The highest BCUT2D eigenvalue weighted by Crippen LogP contribution is 2.28. The number of nitrogens with two attached hydrogens (primary N) is 1. The number of rotatable bonds is 5. The molecular weight excluding hydrogens is 226 g/mol. The van der Waals surface area contributed by atoms with Gasteiger partial charge in [-0.15, -0.1) is 0 Å². The number of primary amides is 1.